The summed E-state index contributed by atoms with van der Waals surface area (Å²) in [6.45, 7) is 12.3. The topological polar surface area (TPSA) is 97.7 Å². The number of β-amino-alcohol motifs (C(OH)–C–C–N with tert-alkyl or cyclic N) is 1. The van der Waals surface area contributed by atoms with Gasteiger partial charge in [0.05, 0.1) is 34.3 Å². The lowest BCUT2D eigenvalue weighted by Gasteiger charge is -2.36. The van der Waals surface area contributed by atoms with Gasteiger partial charge in [0.15, 0.2) is 0 Å². The Balaban J connectivity index is 1.72. The van der Waals surface area contributed by atoms with Gasteiger partial charge in [0.25, 0.3) is 0 Å². The van der Waals surface area contributed by atoms with Crippen LogP contribution < -0.4 is 10.6 Å². The maximum absolute atomic E-state index is 13.4. The molecule has 32 heavy (non-hydrogen) atoms. The molecule has 7 nitrogen and oxygen atoms in total. The van der Waals surface area contributed by atoms with Crippen molar-refractivity contribution in [2.75, 3.05) is 11.9 Å². The summed E-state index contributed by atoms with van der Waals surface area (Å²) in [4.78, 5) is 20.4. The van der Waals surface area contributed by atoms with E-state index in [1.54, 1.807) is 16.2 Å². The van der Waals surface area contributed by atoms with Gasteiger partial charge in [-0.05, 0) is 57.7 Å². The highest BCUT2D eigenvalue weighted by molar-refractivity contribution is 7.13. The standard InChI is InChI=1S/C24H36N4O3S/c1-14(2)20(27-24(4,5)6)23(31)28-12-18(29)11-19(28)22(30)26-17-9-7-16(8-10-17)21-15(3)25-13-32-21/h7-10,13-14,18-20,22,26-27,29-30H,11-12H2,1-6H3. The third-order valence-corrected chi connectivity index (χ3v) is 6.67. The van der Waals surface area contributed by atoms with E-state index in [0.717, 1.165) is 21.8 Å². The van der Waals surface area contributed by atoms with Gasteiger partial charge in [-0.1, -0.05) is 26.0 Å². The van der Waals surface area contributed by atoms with Gasteiger partial charge in [0.2, 0.25) is 5.91 Å². The number of carbonyl (C=O) groups excluding carboxylic acids is 1. The van der Waals surface area contributed by atoms with Crippen molar-refractivity contribution in [2.24, 2.45) is 5.92 Å². The first kappa shape index (κ1) is 24.6. The highest BCUT2D eigenvalue weighted by atomic mass is 32.1. The number of carbonyl (C=O) groups is 1. The van der Waals surface area contributed by atoms with Crippen LogP contribution in [0.2, 0.25) is 0 Å². The number of aliphatic hydroxyl groups is 2. The predicted molar refractivity (Wildman–Crippen MR) is 130 cm³/mol. The van der Waals surface area contributed by atoms with Gasteiger partial charge in [0.1, 0.15) is 6.23 Å². The number of benzene rings is 1. The summed E-state index contributed by atoms with van der Waals surface area (Å²) >= 11 is 1.60. The summed E-state index contributed by atoms with van der Waals surface area (Å²) in [6.07, 6.45) is -1.31. The molecule has 0 spiro atoms. The molecule has 0 aliphatic carbocycles. The molecule has 1 amide bonds. The molecular weight excluding hydrogens is 424 g/mol. The van der Waals surface area contributed by atoms with Crippen LogP contribution >= 0.6 is 11.3 Å². The molecule has 1 aromatic carbocycles. The number of rotatable bonds is 7. The van der Waals surface area contributed by atoms with Crippen molar-refractivity contribution in [1.29, 1.82) is 0 Å². The van der Waals surface area contributed by atoms with E-state index in [1.165, 1.54) is 0 Å². The summed E-state index contributed by atoms with van der Waals surface area (Å²) in [5, 5.41) is 27.8. The minimum atomic E-state index is -0.991. The van der Waals surface area contributed by atoms with Gasteiger partial charge in [0, 0.05) is 17.8 Å². The van der Waals surface area contributed by atoms with Crippen molar-refractivity contribution in [1.82, 2.24) is 15.2 Å². The molecule has 3 rings (SSSR count). The second kappa shape index (κ2) is 9.87. The van der Waals surface area contributed by atoms with Crippen LogP contribution in [0.4, 0.5) is 5.69 Å². The molecule has 1 fully saturated rings. The SMILES string of the molecule is Cc1ncsc1-c1ccc(NC(O)C2CC(O)CN2C(=O)C(NC(C)(C)C)C(C)C)cc1. The van der Waals surface area contributed by atoms with Crippen LogP contribution in [-0.4, -0.2) is 62.5 Å². The number of anilines is 1. The Bertz CT molecular complexity index is 907. The number of aromatic nitrogens is 1. The van der Waals surface area contributed by atoms with Crippen LogP contribution in [0.3, 0.4) is 0 Å². The van der Waals surface area contributed by atoms with Crippen molar-refractivity contribution >= 4 is 22.9 Å². The van der Waals surface area contributed by atoms with E-state index in [0.29, 0.717) is 6.42 Å². The summed E-state index contributed by atoms with van der Waals surface area (Å²) in [5.41, 5.74) is 4.43. The van der Waals surface area contributed by atoms with E-state index in [-0.39, 0.29) is 23.9 Å². The maximum atomic E-state index is 13.4. The normalized spacial score (nSPS) is 21.1. The molecule has 1 aromatic heterocycles. The third kappa shape index (κ3) is 5.86. The van der Waals surface area contributed by atoms with Crippen LogP contribution in [0.25, 0.3) is 10.4 Å². The van der Waals surface area contributed by atoms with Crippen LogP contribution in [0.5, 0.6) is 0 Å². The van der Waals surface area contributed by atoms with Gasteiger partial charge in [-0.15, -0.1) is 11.3 Å². The number of thiazole rings is 1. The largest absolute Gasteiger partial charge is 0.391 e. The molecule has 1 saturated heterocycles. The number of aliphatic hydroxyl groups excluding tert-OH is 2. The smallest absolute Gasteiger partial charge is 0.240 e. The fourth-order valence-corrected chi connectivity index (χ4v) is 4.93. The zero-order valence-corrected chi connectivity index (χ0v) is 20.6. The van der Waals surface area contributed by atoms with Crippen LogP contribution in [0.15, 0.2) is 29.8 Å². The third-order valence-electron chi connectivity index (χ3n) is 5.70. The summed E-state index contributed by atoms with van der Waals surface area (Å²) < 4.78 is 0. The van der Waals surface area contributed by atoms with E-state index in [9.17, 15) is 15.0 Å². The van der Waals surface area contributed by atoms with Crippen LogP contribution in [-0.2, 0) is 4.79 Å². The molecule has 2 aromatic rings. The van der Waals surface area contributed by atoms with Gasteiger partial charge in [-0.2, -0.15) is 0 Å². The highest BCUT2D eigenvalue weighted by Crippen LogP contribution is 2.29. The van der Waals surface area contributed by atoms with Crippen molar-refractivity contribution in [2.45, 2.75) is 77.9 Å². The molecular formula is C24H36N4O3S. The average Bonchev–Trinajstić information content (AvgIpc) is 3.31. The monoisotopic (exact) mass is 460 g/mol. The number of hydrogen-bond acceptors (Lipinski definition) is 7. The summed E-state index contributed by atoms with van der Waals surface area (Å²) in [6, 6.07) is 6.90. The van der Waals surface area contributed by atoms with Gasteiger partial charge >= 0.3 is 0 Å². The number of aryl methyl sites for hydroxylation is 1. The van der Waals surface area contributed by atoms with Crippen molar-refractivity contribution in [3.8, 4) is 10.4 Å². The van der Waals surface area contributed by atoms with E-state index >= 15 is 0 Å². The molecule has 4 atom stereocenters. The minimum absolute atomic E-state index is 0.0768. The molecule has 0 saturated carbocycles. The molecule has 4 N–H and O–H groups in total. The van der Waals surface area contributed by atoms with Gasteiger partial charge in [-0.25, -0.2) is 4.98 Å². The quantitative estimate of drug-likeness (QED) is 0.474. The summed E-state index contributed by atoms with van der Waals surface area (Å²) in [7, 11) is 0. The summed E-state index contributed by atoms with van der Waals surface area (Å²) in [5.74, 6) is -0.0127. The molecule has 8 heteroatoms. The molecule has 4 unspecified atom stereocenters. The first-order valence-electron chi connectivity index (χ1n) is 11.2. The Morgan fingerprint density at radius 2 is 1.91 bits per heavy atom. The molecule has 2 heterocycles. The number of likely N-dealkylation sites (tertiary alicyclic amines) is 1. The maximum Gasteiger partial charge on any atom is 0.240 e. The Morgan fingerprint density at radius 1 is 1.25 bits per heavy atom. The fourth-order valence-electron chi connectivity index (χ4n) is 4.12. The van der Waals surface area contributed by atoms with E-state index in [2.05, 4.69) is 15.6 Å². The lowest BCUT2D eigenvalue weighted by molar-refractivity contribution is -0.138. The van der Waals surface area contributed by atoms with Gasteiger partial charge < -0.3 is 25.7 Å². The molecule has 176 valence electrons. The Hall–Kier alpha value is -2.00. The van der Waals surface area contributed by atoms with Crippen molar-refractivity contribution < 1.29 is 15.0 Å². The van der Waals surface area contributed by atoms with Crippen LogP contribution in [0, 0.1) is 12.8 Å². The number of hydrogen-bond donors (Lipinski definition) is 4. The second-order valence-corrected chi connectivity index (χ2v) is 10.9. The zero-order valence-electron chi connectivity index (χ0n) is 19.8. The first-order valence-corrected chi connectivity index (χ1v) is 12.1. The highest BCUT2D eigenvalue weighted by Gasteiger charge is 2.42. The Morgan fingerprint density at radius 3 is 2.44 bits per heavy atom. The Labute approximate surface area is 194 Å². The fraction of sp³-hybridized carbons (Fsp3) is 0.583. The number of nitrogens with zero attached hydrogens (tertiary/aromatic N) is 2. The van der Waals surface area contributed by atoms with Crippen molar-refractivity contribution in [3.63, 3.8) is 0 Å². The van der Waals surface area contributed by atoms with E-state index in [1.807, 2.05) is 71.3 Å². The molecule has 1 aliphatic rings. The number of nitrogens with one attached hydrogen (secondary N) is 2. The number of amides is 1. The lowest BCUT2D eigenvalue weighted by Crippen LogP contribution is -2.57. The van der Waals surface area contributed by atoms with Crippen LogP contribution in [0.1, 0.15) is 46.7 Å². The zero-order chi connectivity index (χ0) is 23.6. The molecule has 0 bridgehead atoms. The second-order valence-electron chi connectivity index (χ2n) is 10.00. The minimum Gasteiger partial charge on any atom is -0.391 e. The molecule has 0 radical (unpaired) electrons. The molecule has 1 aliphatic heterocycles. The first-order chi connectivity index (χ1) is 15.0. The van der Waals surface area contributed by atoms with E-state index < -0.39 is 24.4 Å². The lowest BCUT2D eigenvalue weighted by atomic mass is 9.97. The average molecular weight is 461 g/mol. The van der Waals surface area contributed by atoms with Gasteiger partial charge in [-0.3, -0.25) is 4.79 Å². The predicted octanol–water partition coefficient (Wildman–Crippen LogP) is 3.22. The van der Waals surface area contributed by atoms with Crippen molar-refractivity contribution in [3.05, 3.63) is 35.5 Å². The Kier molecular flexibility index (Phi) is 7.60. The van der Waals surface area contributed by atoms with E-state index in [4.69, 9.17) is 0 Å².